The van der Waals surface area contributed by atoms with Gasteiger partial charge < -0.3 is 15.4 Å². The molecule has 5 rings (SSSR count). The van der Waals surface area contributed by atoms with Gasteiger partial charge in [-0.3, -0.25) is 4.79 Å². The van der Waals surface area contributed by atoms with Crippen LogP contribution in [0.5, 0.6) is 5.88 Å². The SMILES string of the molecule is COc1ccc2nc(NC(=O)C(CC3CCCC3)c3ccc(S(=O)(=O)N[C@H]4CCCNC4)cc3)sc2n1. The van der Waals surface area contributed by atoms with E-state index in [4.69, 9.17) is 4.74 Å². The molecule has 0 radical (unpaired) electrons. The topological polar surface area (TPSA) is 122 Å². The summed E-state index contributed by atoms with van der Waals surface area (Å²) in [7, 11) is -2.07. The number of methoxy groups -OCH3 is 1. The first-order valence-electron chi connectivity index (χ1n) is 12.9. The molecule has 2 aromatic heterocycles. The minimum atomic E-state index is -3.63. The molecule has 2 fully saturated rings. The highest BCUT2D eigenvalue weighted by molar-refractivity contribution is 7.89. The van der Waals surface area contributed by atoms with Crippen LogP contribution in [0.25, 0.3) is 10.3 Å². The van der Waals surface area contributed by atoms with Gasteiger partial charge in [-0.05, 0) is 55.5 Å². The van der Waals surface area contributed by atoms with Crippen molar-refractivity contribution in [1.82, 2.24) is 20.0 Å². The third-order valence-electron chi connectivity index (χ3n) is 7.24. The molecule has 1 saturated heterocycles. The number of pyridine rings is 1. The van der Waals surface area contributed by atoms with E-state index in [1.807, 2.05) is 6.07 Å². The number of sulfonamides is 1. The molecule has 3 N–H and O–H groups in total. The summed E-state index contributed by atoms with van der Waals surface area (Å²) in [4.78, 5) is 23.3. The summed E-state index contributed by atoms with van der Waals surface area (Å²) in [6.07, 6.45) is 7.08. The zero-order chi connectivity index (χ0) is 25.8. The maximum atomic E-state index is 13.5. The van der Waals surface area contributed by atoms with Crippen LogP contribution in [0.15, 0.2) is 41.3 Å². The van der Waals surface area contributed by atoms with Gasteiger partial charge in [0.2, 0.25) is 21.8 Å². The van der Waals surface area contributed by atoms with Gasteiger partial charge >= 0.3 is 0 Å². The number of benzene rings is 1. The molecule has 1 amide bonds. The fourth-order valence-electron chi connectivity index (χ4n) is 5.25. The van der Waals surface area contributed by atoms with Crippen LogP contribution in [-0.4, -0.2) is 50.5 Å². The number of nitrogens with one attached hydrogen (secondary N) is 3. The van der Waals surface area contributed by atoms with Gasteiger partial charge in [0.1, 0.15) is 10.3 Å². The monoisotopic (exact) mass is 543 g/mol. The Morgan fingerprint density at radius 2 is 1.89 bits per heavy atom. The van der Waals surface area contributed by atoms with Crippen molar-refractivity contribution in [2.24, 2.45) is 5.92 Å². The minimum Gasteiger partial charge on any atom is -0.481 e. The third kappa shape index (κ3) is 6.28. The molecule has 1 aromatic carbocycles. The summed E-state index contributed by atoms with van der Waals surface area (Å²) in [5.41, 5.74) is 1.51. The Morgan fingerprint density at radius 3 is 2.59 bits per heavy atom. The van der Waals surface area contributed by atoms with Crippen LogP contribution in [0.1, 0.15) is 56.4 Å². The van der Waals surface area contributed by atoms with E-state index in [0.717, 1.165) is 44.2 Å². The van der Waals surface area contributed by atoms with Crippen molar-refractivity contribution in [3.63, 3.8) is 0 Å². The summed E-state index contributed by atoms with van der Waals surface area (Å²) < 4.78 is 33.8. The zero-order valence-electron chi connectivity index (χ0n) is 20.9. The smallest absolute Gasteiger partial charge is 0.240 e. The number of aromatic nitrogens is 2. The summed E-state index contributed by atoms with van der Waals surface area (Å²) >= 11 is 1.31. The highest BCUT2D eigenvalue weighted by Crippen LogP contribution is 2.36. The summed E-state index contributed by atoms with van der Waals surface area (Å²) in [5.74, 6) is 0.433. The lowest BCUT2D eigenvalue weighted by Gasteiger charge is -2.24. The van der Waals surface area contributed by atoms with Gasteiger partial charge in [0.05, 0.1) is 17.9 Å². The molecule has 1 aliphatic carbocycles. The molecule has 3 aromatic rings. The van der Waals surface area contributed by atoms with Gasteiger partial charge in [-0.15, -0.1) is 0 Å². The minimum absolute atomic E-state index is 0.109. The van der Waals surface area contributed by atoms with Crippen LogP contribution >= 0.6 is 11.3 Å². The van der Waals surface area contributed by atoms with Crippen molar-refractivity contribution >= 4 is 42.7 Å². The fraction of sp³-hybridized carbons (Fsp3) is 0.500. The molecule has 2 atom stereocenters. The second-order valence-electron chi connectivity index (χ2n) is 9.86. The number of carbonyl (C=O) groups is 1. The quantitative estimate of drug-likeness (QED) is 0.372. The van der Waals surface area contributed by atoms with Gasteiger partial charge in [-0.1, -0.05) is 49.2 Å². The molecular formula is C26H33N5O4S2. The number of carbonyl (C=O) groups excluding carboxylic acids is 1. The first-order valence-corrected chi connectivity index (χ1v) is 15.2. The van der Waals surface area contributed by atoms with E-state index in [2.05, 4.69) is 25.3 Å². The summed E-state index contributed by atoms with van der Waals surface area (Å²) in [6.45, 7) is 1.55. The molecular weight excluding hydrogens is 510 g/mol. The van der Waals surface area contributed by atoms with Crippen molar-refractivity contribution in [2.75, 3.05) is 25.5 Å². The van der Waals surface area contributed by atoms with Crippen LogP contribution < -0.4 is 20.1 Å². The highest BCUT2D eigenvalue weighted by Gasteiger charge is 2.28. The third-order valence-corrected chi connectivity index (χ3v) is 9.66. The van der Waals surface area contributed by atoms with Gasteiger partial charge in [-0.25, -0.2) is 23.1 Å². The molecule has 198 valence electrons. The predicted molar refractivity (Wildman–Crippen MR) is 145 cm³/mol. The number of rotatable bonds is 9. The average Bonchev–Trinajstić information content (AvgIpc) is 3.56. The van der Waals surface area contributed by atoms with Gasteiger partial charge in [0.25, 0.3) is 0 Å². The van der Waals surface area contributed by atoms with E-state index in [1.165, 1.54) is 24.2 Å². The van der Waals surface area contributed by atoms with Crippen molar-refractivity contribution < 1.29 is 17.9 Å². The molecule has 1 unspecified atom stereocenters. The van der Waals surface area contributed by atoms with Crippen molar-refractivity contribution in [3.8, 4) is 5.88 Å². The van der Waals surface area contributed by atoms with E-state index in [-0.39, 0.29) is 16.8 Å². The largest absolute Gasteiger partial charge is 0.481 e. The fourth-order valence-corrected chi connectivity index (χ4v) is 7.36. The Morgan fingerprint density at radius 1 is 1.11 bits per heavy atom. The van der Waals surface area contributed by atoms with Gasteiger partial charge in [0, 0.05) is 18.7 Å². The molecule has 1 saturated carbocycles. The number of fused-ring (bicyclic) bond motifs is 1. The van der Waals surface area contributed by atoms with Gasteiger partial charge in [-0.2, -0.15) is 0 Å². The Bertz CT molecular complexity index is 1330. The first-order chi connectivity index (χ1) is 17.9. The molecule has 9 nitrogen and oxygen atoms in total. The number of hydrogen-bond donors (Lipinski definition) is 3. The van der Waals surface area contributed by atoms with E-state index in [0.29, 0.717) is 33.8 Å². The number of ether oxygens (including phenoxy) is 1. The molecule has 0 bridgehead atoms. The lowest BCUT2D eigenvalue weighted by atomic mass is 9.87. The van der Waals surface area contributed by atoms with Crippen LogP contribution in [0.3, 0.4) is 0 Å². The van der Waals surface area contributed by atoms with Crippen molar-refractivity contribution in [1.29, 1.82) is 0 Å². The Balaban J connectivity index is 1.34. The number of nitrogens with zero attached hydrogens (tertiary/aromatic N) is 2. The molecule has 11 heteroatoms. The van der Waals surface area contributed by atoms with E-state index >= 15 is 0 Å². The number of hydrogen-bond acceptors (Lipinski definition) is 8. The second-order valence-corrected chi connectivity index (χ2v) is 12.6. The van der Waals surface area contributed by atoms with E-state index < -0.39 is 15.9 Å². The lowest BCUT2D eigenvalue weighted by molar-refractivity contribution is -0.118. The maximum Gasteiger partial charge on any atom is 0.240 e. The Labute approximate surface area is 221 Å². The number of amides is 1. The molecule has 3 heterocycles. The molecule has 0 spiro atoms. The lowest BCUT2D eigenvalue weighted by Crippen LogP contribution is -2.45. The number of thiazole rings is 1. The maximum absolute atomic E-state index is 13.5. The second kappa shape index (κ2) is 11.4. The molecule has 1 aliphatic heterocycles. The van der Waals surface area contributed by atoms with E-state index in [1.54, 1.807) is 37.4 Å². The standard InChI is InChI=1S/C26H33N5O4S2/c1-35-23-13-12-22-25(29-23)36-26(28-22)30-24(32)21(15-17-5-2-3-6-17)18-8-10-20(11-9-18)37(33,34)31-19-7-4-14-27-16-19/h8-13,17,19,21,27,31H,2-7,14-16H2,1H3,(H,28,30,32)/t19-,21?/m0/s1. The highest BCUT2D eigenvalue weighted by atomic mass is 32.2. The summed E-state index contributed by atoms with van der Waals surface area (Å²) in [6, 6.07) is 10.2. The van der Waals surface area contributed by atoms with Crippen molar-refractivity contribution in [3.05, 3.63) is 42.0 Å². The summed E-state index contributed by atoms with van der Waals surface area (Å²) in [5, 5.41) is 6.71. The zero-order valence-corrected chi connectivity index (χ0v) is 22.5. The first kappa shape index (κ1) is 26.0. The van der Waals surface area contributed by atoms with Crippen LogP contribution in [0, 0.1) is 5.92 Å². The Kier molecular flexibility index (Phi) is 8.04. The average molecular weight is 544 g/mol. The van der Waals surface area contributed by atoms with Crippen LogP contribution in [0.4, 0.5) is 5.13 Å². The van der Waals surface area contributed by atoms with Crippen molar-refractivity contribution in [2.45, 2.75) is 61.8 Å². The van der Waals surface area contributed by atoms with Gasteiger partial charge in [0.15, 0.2) is 5.13 Å². The molecule has 2 aliphatic rings. The van der Waals surface area contributed by atoms with E-state index in [9.17, 15) is 13.2 Å². The normalized spacial score (nSPS) is 19.6. The number of anilines is 1. The molecule has 37 heavy (non-hydrogen) atoms. The van der Waals surface area contributed by atoms with Crippen LogP contribution in [0.2, 0.25) is 0 Å². The Hall–Kier alpha value is -2.60. The predicted octanol–water partition coefficient (Wildman–Crippen LogP) is 4.03. The number of piperidine rings is 1. The van der Waals surface area contributed by atoms with Crippen LogP contribution in [-0.2, 0) is 14.8 Å².